The van der Waals surface area contributed by atoms with Crippen molar-refractivity contribution in [3.8, 4) is 6.07 Å². The molecule has 1 atom stereocenters. The van der Waals surface area contributed by atoms with Gasteiger partial charge in [-0.05, 0) is 49.1 Å². The fourth-order valence-corrected chi connectivity index (χ4v) is 8.72. The summed E-state index contributed by atoms with van der Waals surface area (Å²) in [5, 5.41) is 14.8. The van der Waals surface area contributed by atoms with Gasteiger partial charge in [-0.1, -0.05) is 6.07 Å². The third-order valence-corrected chi connectivity index (χ3v) is 11.9. The maximum Gasteiger partial charge on any atom is 0.393 e. The third kappa shape index (κ3) is 7.99. The Labute approximate surface area is 285 Å². The van der Waals surface area contributed by atoms with Gasteiger partial charge < -0.3 is 9.88 Å². The van der Waals surface area contributed by atoms with Crippen LogP contribution in [0, 0.1) is 18.3 Å². The molecule has 1 N–H and O–H groups in total. The number of alkyl halides is 5. The van der Waals surface area contributed by atoms with Gasteiger partial charge in [-0.3, -0.25) is 9.80 Å². The van der Waals surface area contributed by atoms with Crippen LogP contribution < -0.4 is 5.32 Å². The molecule has 2 aliphatic rings. The Bertz CT molecular complexity index is 1960. The Kier molecular flexibility index (Phi) is 10.2. The molecule has 264 valence electrons. The molecule has 10 nitrogen and oxygen atoms in total. The van der Waals surface area contributed by atoms with Gasteiger partial charge in [0.05, 0.1) is 24.1 Å². The molecule has 17 heteroatoms. The molecule has 4 aromatic rings. The first-order valence-corrected chi connectivity index (χ1v) is 18.6. The highest BCUT2D eigenvalue weighted by atomic mass is 32.2. The smallest absolute Gasteiger partial charge is 0.367 e. The number of anilines is 1. The van der Waals surface area contributed by atoms with E-state index in [4.69, 9.17) is 0 Å². The molecule has 0 amide bonds. The summed E-state index contributed by atoms with van der Waals surface area (Å²) in [6.45, 7) is 4.73. The van der Waals surface area contributed by atoms with Crippen molar-refractivity contribution in [3.05, 3.63) is 52.3 Å². The first-order valence-electron chi connectivity index (χ1n) is 16.0. The van der Waals surface area contributed by atoms with E-state index in [1.54, 1.807) is 15.5 Å². The number of piperazine rings is 1. The highest BCUT2D eigenvalue weighted by molar-refractivity contribution is 7.88. The quantitative estimate of drug-likeness (QED) is 0.222. The summed E-state index contributed by atoms with van der Waals surface area (Å²) in [6, 6.07) is 8.21. The summed E-state index contributed by atoms with van der Waals surface area (Å²) in [5.74, 6) is 0.539. The summed E-state index contributed by atoms with van der Waals surface area (Å²) in [7, 11) is -3.40. The topological polar surface area (TPSA) is 110 Å². The number of aryl methyl sites for hydroxylation is 1. The van der Waals surface area contributed by atoms with Crippen LogP contribution in [-0.4, -0.2) is 107 Å². The molecule has 49 heavy (non-hydrogen) atoms. The Morgan fingerprint density at radius 2 is 1.78 bits per heavy atom. The fraction of sp³-hybridized carbons (Fsp3) is 0.531. The van der Waals surface area contributed by atoms with Gasteiger partial charge in [-0.2, -0.15) is 22.7 Å². The highest BCUT2D eigenvalue weighted by Crippen LogP contribution is 2.34. The molecule has 0 saturated carbocycles. The minimum absolute atomic E-state index is 0.0910. The second kappa shape index (κ2) is 14.1. The van der Waals surface area contributed by atoms with Gasteiger partial charge >= 0.3 is 6.18 Å². The van der Waals surface area contributed by atoms with Crippen molar-refractivity contribution in [2.24, 2.45) is 0 Å². The number of thiophene rings is 1. The number of rotatable bonds is 10. The van der Waals surface area contributed by atoms with Crippen LogP contribution in [0.2, 0.25) is 0 Å². The average Bonchev–Trinajstić information content (AvgIpc) is 3.62. The van der Waals surface area contributed by atoms with Gasteiger partial charge in [0, 0.05) is 74.2 Å². The van der Waals surface area contributed by atoms with E-state index in [2.05, 4.69) is 26.3 Å². The van der Waals surface area contributed by atoms with Crippen LogP contribution in [-0.2, 0) is 29.5 Å². The number of likely N-dealkylation sites (tertiary alicyclic amines) is 1. The summed E-state index contributed by atoms with van der Waals surface area (Å²) in [4.78, 5) is 13.1. The van der Waals surface area contributed by atoms with Crippen molar-refractivity contribution in [1.82, 2.24) is 28.6 Å². The SMILES string of the molecule is Cc1c(CN2CCC(Nc3ncnc4sc(CC(F)(F)F)cc34)CC2)ccc2c1cc(C#N)n2CC(C(F)F)N1CCN(S(C)(=O)=O)CC1. The molecule has 6 rings (SSSR count). The number of halogens is 5. The Hall–Kier alpha value is -3.43. The molecular weight excluding hydrogens is 688 g/mol. The largest absolute Gasteiger partial charge is 0.393 e. The van der Waals surface area contributed by atoms with Crippen LogP contribution in [0.4, 0.5) is 27.8 Å². The lowest BCUT2D eigenvalue weighted by atomic mass is 10.0. The monoisotopic (exact) mass is 724 g/mol. The molecule has 2 saturated heterocycles. The molecule has 2 aliphatic heterocycles. The zero-order valence-electron chi connectivity index (χ0n) is 27.1. The number of hydrogen-bond acceptors (Lipinski definition) is 9. The lowest BCUT2D eigenvalue weighted by Crippen LogP contribution is -2.54. The second-order valence-electron chi connectivity index (χ2n) is 12.8. The predicted octanol–water partition coefficient (Wildman–Crippen LogP) is 5.22. The number of aromatic nitrogens is 3. The van der Waals surface area contributed by atoms with Crippen molar-refractivity contribution in [3.63, 3.8) is 0 Å². The molecule has 2 fully saturated rings. The van der Waals surface area contributed by atoms with Crippen LogP contribution in [0.15, 0.2) is 30.6 Å². The number of nitriles is 1. The minimum atomic E-state index is -4.29. The maximum absolute atomic E-state index is 14.4. The van der Waals surface area contributed by atoms with Crippen molar-refractivity contribution < 1.29 is 30.4 Å². The normalized spacial score (nSPS) is 18.4. The van der Waals surface area contributed by atoms with E-state index < -0.39 is 35.1 Å². The van der Waals surface area contributed by atoms with Crippen molar-refractivity contribution in [1.29, 1.82) is 5.26 Å². The van der Waals surface area contributed by atoms with E-state index in [0.717, 1.165) is 60.0 Å². The van der Waals surface area contributed by atoms with Gasteiger partial charge in [-0.15, -0.1) is 11.3 Å². The highest BCUT2D eigenvalue weighted by Gasteiger charge is 2.34. The van der Waals surface area contributed by atoms with Gasteiger partial charge in [0.2, 0.25) is 10.0 Å². The van der Waals surface area contributed by atoms with E-state index in [1.165, 1.54) is 16.7 Å². The van der Waals surface area contributed by atoms with E-state index in [9.17, 15) is 35.6 Å². The first kappa shape index (κ1) is 35.4. The first-order chi connectivity index (χ1) is 23.2. The van der Waals surface area contributed by atoms with Crippen LogP contribution >= 0.6 is 11.3 Å². The lowest BCUT2D eigenvalue weighted by Gasteiger charge is -2.38. The Morgan fingerprint density at radius 1 is 1.06 bits per heavy atom. The summed E-state index contributed by atoms with van der Waals surface area (Å²) in [5.41, 5.74) is 3.02. The molecular formula is C32H37F5N8O2S2. The zero-order valence-corrected chi connectivity index (χ0v) is 28.7. The Balaban J connectivity index is 1.11. The summed E-state index contributed by atoms with van der Waals surface area (Å²) < 4.78 is 94.4. The minimum Gasteiger partial charge on any atom is -0.367 e. The van der Waals surface area contributed by atoms with Crippen LogP contribution in [0.3, 0.4) is 0 Å². The lowest BCUT2D eigenvalue weighted by molar-refractivity contribution is -0.126. The zero-order chi connectivity index (χ0) is 35.1. The number of nitrogens with zero attached hydrogens (tertiary/aromatic N) is 7. The van der Waals surface area contributed by atoms with Crippen LogP contribution in [0.25, 0.3) is 21.1 Å². The molecule has 1 unspecified atom stereocenters. The van der Waals surface area contributed by atoms with Gasteiger partial charge in [0.1, 0.15) is 28.7 Å². The number of fused-ring (bicyclic) bond motifs is 2. The van der Waals surface area contributed by atoms with E-state index >= 15 is 0 Å². The van der Waals surface area contributed by atoms with E-state index in [-0.39, 0.29) is 49.3 Å². The van der Waals surface area contributed by atoms with Gasteiger partial charge in [-0.25, -0.2) is 27.2 Å². The number of benzene rings is 1. The molecule has 0 radical (unpaired) electrons. The third-order valence-electron chi connectivity index (χ3n) is 9.53. The molecule has 3 aromatic heterocycles. The number of sulfonamides is 1. The van der Waals surface area contributed by atoms with Crippen molar-refractivity contribution in [2.75, 3.05) is 50.8 Å². The molecule has 0 aliphatic carbocycles. The second-order valence-corrected chi connectivity index (χ2v) is 15.9. The molecule has 0 spiro atoms. The molecule has 1 aromatic carbocycles. The van der Waals surface area contributed by atoms with Crippen LogP contribution in [0.5, 0.6) is 0 Å². The molecule has 5 heterocycles. The number of hydrogen-bond donors (Lipinski definition) is 1. The fourth-order valence-electron chi connectivity index (χ4n) is 6.87. The summed E-state index contributed by atoms with van der Waals surface area (Å²) in [6.07, 6.45) is -3.90. The molecule has 0 bridgehead atoms. The van der Waals surface area contributed by atoms with Gasteiger partial charge in [0.15, 0.2) is 0 Å². The Morgan fingerprint density at radius 3 is 2.41 bits per heavy atom. The number of nitrogens with one attached hydrogen (secondary N) is 1. The summed E-state index contributed by atoms with van der Waals surface area (Å²) >= 11 is 1.02. The number of piperidine rings is 1. The van der Waals surface area contributed by atoms with E-state index in [1.807, 2.05) is 19.1 Å². The maximum atomic E-state index is 14.4. The predicted molar refractivity (Wildman–Crippen MR) is 178 cm³/mol. The standard InChI is InChI=1S/C32H37F5N8O2S2/c1-20-21(17-42-7-5-22(6-8-42)41-30-26-14-24(15-32(35,36)37)48-31(26)40-19-39-30)3-4-27-25(20)13-23(16-38)45(27)18-28(29(33)34)43-9-11-44(12-10-43)49(2,46)47/h3-4,13-14,19,22,28-29H,5-12,15,17-18H2,1-2H3,(H,39,40,41). The average molecular weight is 725 g/mol. The van der Waals surface area contributed by atoms with Gasteiger partial charge in [0.25, 0.3) is 6.43 Å². The van der Waals surface area contributed by atoms with Crippen molar-refractivity contribution >= 4 is 48.3 Å². The van der Waals surface area contributed by atoms with E-state index in [0.29, 0.717) is 28.1 Å². The van der Waals surface area contributed by atoms with Crippen molar-refractivity contribution in [2.45, 2.75) is 64.0 Å². The van der Waals surface area contributed by atoms with Crippen LogP contribution in [0.1, 0.15) is 34.5 Å².